The summed E-state index contributed by atoms with van der Waals surface area (Å²) in [6.45, 7) is 7.51. The molecule has 0 unspecified atom stereocenters. The molecule has 4 aromatic rings. The van der Waals surface area contributed by atoms with Gasteiger partial charge in [0, 0.05) is 36.3 Å². The third kappa shape index (κ3) is 5.02. The molecular formula is C32H32BrN7O5. The molecular weight excluding hydrogens is 642 g/mol. The number of carbonyl (C=O) groups is 3. The van der Waals surface area contributed by atoms with Crippen LogP contribution in [0, 0.1) is 19.3 Å². The van der Waals surface area contributed by atoms with Crippen LogP contribution in [0.25, 0.3) is 22.0 Å². The maximum absolute atomic E-state index is 14.0. The van der Waals surface area contributed by atoms with Gasteiger partial charge in [-0.15, -0.1) is 0 Å². The third-order valence-electron chi connectivity index (χ3n) is 9.27. The van der Waals surface area contributed by atoms with Gasteiger partial charge in [-0.1, -0.05) is 13.0 Å². The number of aryl methyl sites for hydroxylation is 2. The van der Waals surface area contributed by atoms with Crippen molar-refractivity contribution in [3.63, 3.8) is 0 Å². The van der Waals surface area contributed by atoms with Crippen LogP contribution in [0.5, 0.6) is 0 Å². The Kier molecular flexibility index (Phi) is 6.91. The number of ketones is 1. The third-order valence-corrected chi connectivity index (χ3v) is 9.71. The van der Waals surface area contributed by atoms with Crippen LogP contribution < -0.4 is 5.32 Å². The summed E-state index contributed by atoms with van der Waals surface area (Å²) in [5, 5.41) is 18.6. The second-order valence-electron chi connectivity index (χ2n) is 12.8. The number of nitrogens with zero attached hydrogens (tertiary/aromatic N) is 6. The van der Waals surface area contributed by atoms with Gasteiger partial charge >= 0.3 is 0 Å². The number of hydrogen-bond acceptors (Lipinski definition) is 9. The van der Waals surface area contributed by atoms with Crippen molar-refractivity contribution in [1.82, 2.24) is 29.6 Å². The zero-order valence-corrected chi connectivity index (χ0v) is 26.9. The first-order valence-corrected chi connectivity index (χ1v) is 15.6. The van der Waals surface area contributed by atoms with Crippen molar-refractivity contribution in [2.75, 3.05) is 18.5 Å². The van der Waals surface area contributed by atoms with Gasteiger partial charge < -0.3 is 20.1 Å². The molecule has 1 saturated carbocycles. The summed E-state index contributed by atoms with van der Waals surface area (Å²) in [5.41, 5.74) is 2.76. The van der Waals surface area contributed by atoms with E-state index >= 15 is 0 Å². The highest BCUT2D eigenvalue weighted by Gasteiger charge is 2.64. The van der Waals surface area contributed by atoms with E-state index < -0.39 is 11.6 Å². The number of halogens is 1. The highest BCUT2D eigenvalue weighted by atomic mass is 79.9. The Morgan fingerprint density at radius 1 is 1.09 bits per heavy atom. The van der Waals surface area contributed by atoms with Crippen LogP contribution in [0.4, 0.5) is 5.82 Å². The molecule has 0 bridgehead atoms. The summed E-state index contributed by atoms with van der Waals surface area (Å²) in [6, 6.07) is 6.78. The van der Waals surface area contributed by atoms with Gasteiger partial charge in [0.15, 0.2) is 17.2 Å². The number of fused-ring (bicyclic) bond motifs is 2. The number of nitrogens with one attached hydrogen (secondary N) is 1. The van der Waals surface area contributed by atoms with Crippen LogP contribution in [0.2, 0.25) is 0 Å². The fourth-order valence-corrected chi connectivity index (χ4v) is 6.92. The van der Waals surface area contributed by atoms with Gasteiger partial charge in [0.05, 0.1) is 18.7 Å². The SMILES string of the molecule is CC(=O)c1nn(CC(=O)N2[C@H](C(=O)Nc3nc(Br)ccc3C)C[C@@]3(C)C[C@@H]23)c2c(C)cc(-c3cnc(C4(O)COC4)nc3)cc12. The quantitative estimate of drug-likeness (QED) is 0.221. The molecule has 3 aromatic heterocycles. The molecule has 45 heavy (non-hydrogen) atoms. The molecule has 0 radical (unpaired) electrons. The number of amides is 2. The molecule has 13 heteroatoms. The number of ether oxygens (including phenoxy) is 1. The largest absolute Gasteiger partial charge is 0.377 e. The van der Waals surface area contributed by atoms with Gasteiger partial charge in [-0.3, -0.25) is 19.1 Å². The van der Waals surface area contributed by atoms with Crippen molar-refractivity contribution in [2.45, 2.75) is 64.8 Å². The Bertz CT molecular complexity index is 1900. The van der Waals surface area contributed by atoms with Crippen molar-refractivity contribution in [1.29, 1.82) is 0 Å². The molecule has 1 aromatic carbocycles. The van der Waals surface area contributed by atoms with E-state index in [2.05, 4.69) is 48.2 Å². The van der Waals surface area contributed by atoms with Crippen molar-refractivity contribution in [2.24, 2.45) is 5.41 Å². The van der Waals surface area contributed by atoms with Gasteiger partial charge in [0.25, 0.3) is 0 Å². The van der Waals surface area contributed by atoms with E-state index in [0.29, 0.717) is 39.1 Å². The number of pyridine rings is 1. The molecule has 3 atom stereocenters. The molecule has 3 aliphatic rings. The number of hydrogen-bond donors (Lipinski definition) is 2. The topological polar surface area (TPSA) is 152 Å². The number of aliphatic hydroxyl groups is 1. The zero-order chi connectivity index (χ0) is 31.8. The standard InChI is InChI=1S/C32H32BrN7O5/c1-16-5-6-24(33)36-28(16)37-29(43)22-9-31(4)10-23(31)40(22)25(42)13-39-27-17(2)7-19(8-21(27)26(38-39)18(3)41)20-11-34-30(35-12-20)32(44)14-45-15-32/h5-8,11-12,22-23,44H,9-10,13-15H2,1-4H3,(H,36,37,43)/t22-,23+,31-/m0/s1. The van der Waals surface area contributed by atoms with E-state index in [9.17, 15) is 19.5 Å². The smallest absolute Gasteiger partial charge is 0.248 e. The van der Waals surface area contributed by atoms with E-state index in [4.69, 9.17) is 4.74 Å². The summed E-state index contributed by atoms with van der Waals surface area (Å²) in [7, 11) is 0. The Hall–Kier alpha value is -4.07. The maximum Gasteiger partial charge on any atom is 0.248 e. The highest BCUT2D eigenvalue weighted by molar-refractivity contribution is 9.10. The van der Waals surface area contributed by atoms with Gasteiger partial charge in [-0.05, 0) is 82.9 Å². The average molecular weight is 675 g/mol. The summed E-state index contributed by atoms with van der Waals surface area (Å²) >= 11 is 3.36. The van der Waals surface area contributed by atoms with Crippen molar-refractivity contribution in [3.8, 4) is 11.1 Å². The van der Waals surface area contributed by atoms with E-state index in [-0.39, 0.29) is 54.5 Å². The first kappa shape index (κ1) is 29.6. The molecule has 5 heterocycles. The van der Waals surface area contributed by atoms with Crippen LogP contribution in [-0.2, 0) is 26.5 Å². The molecule has 2 N–H and O–H groups in total. The minimum Gasteiger partial charge on any atom is -0.377 e. The lowest BCUT2D eigenvalue weighted by Gasteiger charge is -2.34. The monoisotopic (exact) mass is 673 g/mol. The Balaban J connectivity index is 1.18. The molecule has 7 rings (SSSR count). The minimum atomic E-state index is -1.17. The number of aromatic nitrogens is 5. The number of anilines is 1. The summed E-state index contributed by atoms with van der Waals surface area (Å²) in [4.78, 5) is 55.1. The lowest BCUT2D eigenvalue weighted by atomic mass is 9.99. The molecule has 3 fully saturated rings. The average Bonchev–Trinajstić information content (AvgIpc) is 3.33. The molecule has 1 aliphatic carbocycles. The predicted octanol–water partition coefficient (Wildman–Crippen LogP) is 3.71. The number of benzene rings is 1. The maximum atomic E-state index is 14.0. The molecule has 232 valence electrons. The Morgan fingerprint density at radius 2 is 1.82 bits per heavy atom. The molecule has 2 amide bonds. The number of carbonyl (C=O) groups excluding carboxylic acids is 3. The van der Waals surface area contributed by atoms with Crippen molar-refractivity contribution >= 4 is 50.2 Å². The lowest BCUT2D eigenvalue weighted by molar-refractivity contribution is -0.189. The van der Waals surface area contributed by atoms with Gasteiger partial charge in [-0.25, -0.2) is 15.0 Å². The normalized spacial score (nSPS) is 23.0. The van der Waals surface area contributed by atoms with Crippen molar-refractivity contribution < 1.29 is 24.2 Å². The fraction of sp³-hybridized carbons (Fsp3) is 0.406. The number of likely N-dealkylation sites (tertiary alicyclic amines) is 1. The van der Waals surface area contributed by atoms with E-state index in [1.54, 1.807) is 22.0 Å². The summed E-state index contributed by atoms with van der Waals surface area (Å²) in [5.74, 6) is 0.0221. The van der Waals surface area contributed by atoms with Crippen LogP contribution in [0.3, 0.4) is 0 Å². The number of piperidine rings is 1. The first-order valence-electron chi connectivity index (χ1n) is 14.8. The Labute approximate surface area is 267 Å². The predicted molar refractivity (Wildman–Crippen MR) is 167 cm³/mol. The Morgan fingerprint density at radius 3 is 2.49 bits per heavy atom. The summed E-state index contributed by atoms with van der Waals surface area (Å²) in [6.07, 6.45) is 4.67. The van der Waals surface area contributed by atoms with Gasteiger partial charge in [0.1, 0.15) is 28.7 Å². The molecule has 0 spiro atoms. The second kappa shape index (κ2) is 10.5. The van der Waals surface area contributed by atoms with Gasteiger partial charge in [0.2, 0.25) is 11.8 Å². The van der Waals surface area contributed by atoms with Crippen LogP contribution in [0.15, 0.2) is 41.3 Å². The van der Waals surface area contributed by atoms with Crippen LogP contribution in [-0.4, -0.2) is 77.6 Å². The van der Waals surface area contributed by atoms with Gasteiger partial charge in [-0.2, -0.15) is 5.10 Å². The second-order valence-corrected chi connectivity index (χ2v) is 13.6. The number of Topliss-reactive ketones (excluding diaryl/α,β-unsaturated/α-hetero) is 1. The molecule has 2 aliphatic heterocycles. The van der Waals surface area contributed by atoms with E-state index in [1.807, 2.05) is 38.1 Å². The highest BCUT2D eigenvalue weighted by Crippen LogP contribution is 2.59. The summed E-state index contributed by atoms with van der Waals surface area (Å²) < 4.78 is 7.29. The van der Waals surface area contributed by atoms with Crippen LogP contribution in [0.1, 0.15) is 54.1 Å². The fourth-order valence-electron chi connectivity index (χ4n) is 6.61. The van der Waals surface area contributed by atoms with Crippen molar-refractivity contribution in [3.05, 3.63) is 63.9 Å². The molecule has 12 nitrogen and oxygen atoms in total. The molecule has 2 saturated heterocycles. The van der Waals surface area contributed by atoms with Crippen LogP contribution >= 0.6 is 15.9 Å². The minimum absolute atomic E-state index is 0.0355. The number of rotatable bonds is 7. The zero-order valence-electron chi connectivity index (χ0n) is 25.3. The first-order chi connectivity index (χ1) is 21.4. The lowest BCUT2D eigenvalue weighted by Crippen LogP contribution is -2.47. The van der Waals surface area contributed by atoms with E-state index in [1.165, 1.54) is 6.92 Å². The van der Waals surface area contributed by atoms with E-state index in [0.717, 1.165) is 23.1 Å².